The molecule has 0 N–H and O–H groups in total. The van der Waals surface area contributed by atoms with Crippen LogP contribution >= 0.6 is 0 Å². The number of hydrogen-bond acceptors (Lipinski definition) is 2. The van der Waals surface area contributed by atoms with Crippen molar-refractivity contribution in [2.75, 3.05) is 0 Å². The largest absolute Gasteiger partial charge is 0.691 e. The van der Waals surface area contributed by atoms with Crippen LogP contribution in [-0.2, 0) is 6.54 Å². The zero-order valence-corrected chi connectivity index (χ0v) is 9.15. The monoisotopic (exact) mass is 225 g/mol. The predicted molar refractivity (Wildman–Crippen MR) is 64.2 cm³/mol. The summed E-state index contributed by atoms with van der Waals surface area (Å²) in [6, 6.07) is 17.4. The standard InChI is InChI=1S/C13H11N3O/c17-16-13-9-5-4-8-12(13)15(14-16)10-11-6-2-1-3-7-11/h1-9H,10H2. The van der Waals surface area contributed by atoms with Crippen molar-refractivity contribution in [3.63, 3.8) is 0 Å². The molecule has 1 heterocycles. The molecule has 4 heteroatoms. The molecule has 0 radical (unpaired) electrons. The van der Waals surface area contributed by atoms with Crippen molar-refractivity contribution in [1.29, 1.82) is 0 Å². The van der Waals surface area contributed by atoms with E-state index >= 15 is 0 Å². The van der Waals surface area contributed by atoms with Crippen LogP contribution in [0.1, 0.15) is 5.56 Å². The molecule has 4 nitrogen and oxygen atoms in total. The fraction of sp³-hybridized carbons (Fsp3) is 0.0769. The second-order valence-corrected chi connectivity index (χ2v) is 3.89. The third kappa shape index (κ3) is 1.73. The SMILES string of the molecule is [O-][n+]1nn(Cc2ccccc2)c2ccccc21. The lowest BCUT2D eigenvalue weighted by molar-refractivity contribution is -0.646. The lowest BCUT2D eigenvalue weighted by Gasteiger charge is -1.95. The maximum atomic E-state index is 11.6. The van der Waals surface area contributed by atoms with Crippen molar-refractivity contribution >= 4 is 11.0 Å². The van der Waals surface area contributed by atoms with Crippen LogP contribution in [0.25, 0.3) is 11.0 Å². The first kappa shape index (κ1) is 9.84. The van der Waals surface area contributed by atoms with Gasteiger partial charge >= 0.3 is 0 Å². The van der Waals surface area contributed by atoms with Crippen molar-refractivity contribution in [3.8, 4) is 0 Å². The average Bonchev–Trinajstić information content (AvgIpc) is 2.69. The molecule has 0 fully saturated rings. The van der Waals surface area contributed by atoms with Crippen LogP contribution < -0.4 is 4.85 Å². The first-order valence-corrected chi connectivity index (χ1v) is 5.44. The van der Waals surface area contributed by atoms with Crippen LogP contribution in [0.2, 0.25) is 0 Å². The number of nitrogens with zero attached hydrogens (tertiary/aromatic N) is 3. The first-order chi connectivity index (χ1) is 8.34. The molecule has 0 spiro atoms. The maximum Gasteiger partial charge on any atom is 0.202 e. The Balaban J connectivity index is 2.07. The minimum Gasteiger partial charge on any atom is -0.691 e. The molecule has 0 saturated carbocycles. The summed E-state index contributed by atoms with van der Waals surface area (Å²) in [5.41, 5.74) is 2.58. The molecule has 1 aromatic heterocycles. The number of benzene rings is 2. The van der Waals surface area contributed by atoms with Gasteiger partial charge in [0.05, 0.1) is 5.21 Å². The fourth-order valence-electron chi connectivity index (χ4n) is 1.91. The van der Waals surface area contributed by atoms with Crippen molar-refractivity contribution in [3.05, 3.63) is 65.4 Å². The third-order valence-electron chi connectivity index (χ3n) is 2.73. The Morgan fingerprint density at radius 2 is 1.71 bits per heavy atom. The van der Waals surface area contributed by atoms with Crippen molar-refractivity contribution in [1.82, 2.24) is 9.90 Å². The molecular weight excluding hydrogens is 214 g/mol. The summed E-state index contributed by atoms with van der Waals surface area (Å²) in [6.07, 6.45) is 0. The number of rotatable bonds is 2. The van der Waals surface area contributed by atoms with Crippen LogP contribution in [-0.4, -0.2) is 9.90 Å². The average molecular weight is 225 g/mol. The summed E-state index contributed by atoms with van der Waals surface area (Å²) in [5.74, 6) is 0. The van der Waals surface area contributed by atoms with Crippen LogP contribution in [0.3, 0.4) is 0 Å². The second-order valence-electron chi connectivity index (χ2n) is 3.89. The smallest absolute Gasteiger partial charge is 0.202 e. The first-order valence-electron chi connectivity index (χ1n) is 5.44. The highest BCUT2D eigenvalue weighted by Crippen LogP contribution is 2.10. The normalized spacial score (nSPS) is 10.8. The minimum atomic E-state index is 0.600. The summed E-state index contributed by atoms with van der Waals surface area (Å²) in [5, 5.41) is 15.5. The lowest BCUT2D eigenvalue weighted by Crippen LogP contribution is -2.29. The van der Waals surface area contributed by atoms with Crippen molar-refractivity contribution in [2.45, 2.75) is 6.54 Å². The molecule has 3 rings (SSSR count). The van der Waals surface area contributed by atoms with E-state index in [4.69, 9.17) is 0 Å². The summed E-state index contributed by atoms with van der Waals surface area (Å²) in [7, 11) is 0. The molecule has 3 aromatic rings. The van der Waals surface area contributed by atoms with Gasteiger partial charge < -0.3 is 5.21 Å². The summed E-state index contributed by atoms with van der Waals surface area (Å²) < 4.78 is 1.72. The second kappa shape index (κ2) is 3.90. The Morgan fingerprint density at radius 3 is 2.53 bits per heavy atom. The number of fused-ring (bicyclic) bond motifs is 1. The molecule has 0 saturated heterocycles. The molecule has 0 atom stereocenters. The van der Waals surface area contributed by atoms with Crippen LogP contribution in [0.15, 0.2) is 54.6 Å². The van der Waals surface area contributed by atoms with E-state index in [-0.39, 0.29) is 0 Å². The van der Waals surface area contributed by atoms with Gasteiger partial charge in [0, 0.05) is 0 Å². The molecule has 0 amide bonds. The summed E-state index contributed by atoms with van der Waals surface area (Å²) in [6.45, 7) is 0.608. The maximum absolute atomic E-state index is 11.6. The van der Waals surface area contributed by atoms with E-state index in [1.54, 1.807) is 10.7 Å². The molecule has 2 aromatic carbocycles. The Hall–Kier alpha value is -2.36. The molecule has 0 bridgehead atoms. The third-order valence-corrected chi connectivity index (χ3v) is 2.73. The zero-order valence-electron chi connectivity index (χ0n) is 9.15. The van der Waals surface area contributed by atoms with Gasteiger partial charge in [-0.15, -0.1) is 9.53 Å². The highest BCUT2D eigenvalue weighted by atomic mass is 16.5. The van der Waals surface area contributed by atoms with Crippen molar-refractivity contribution in [2.24, 2.45) is 0 Å². The van der Waals surface area contributed by atoms with E-state index in [1.807, 2.05) is 48.5 Å². The highest BCUT2D eigenvalue weighted by Gasteiger charge is 2.13. The van der Waals surface area contributed by atoms with Crippen molar-refractivity contribution < 1.29 is 4.85 Å². The fourth-order valence-corrected chi connectivity index (χ4v) is 1.91. The van der Waals surface area contributed by atoms with Gasteiger partial charge in [0.25, 0.3) is 0 Å². The van der Waals surface area contributed by atoms with E-state index in [9.17, 15) is 5.21 Å². The van der Waals surface area contributed by atoms with Gasteiger partial charge in [-0.05, 0) is 17.7 Å². The highest BCUT2D eigenvalue weighted by molar-refractivity contribution is 5.70. The molecule has 0 aliphatic carbocycles. The molecule has 84 valence electrons. The van der Waals surface area contributed by atoms with Crippen LogP contribution in [0.4, 0.5) is 0 Å². The summed E-state index contributed by atoms with van der Waals surface area (Å²) in [4.78, 5) is 0.665. The topological polar surface area (TPSA) is 44.8 Å². The minimum absolute atomic E-state index is 0.600. The molecule has 0 aliphatic rings. The van der Waals surface area contributed by atoms with E-state index in [0.717, 1.165) is 11.1 Å². The lowest BCUT2D eigenvalue weighted by atomic mass is 10.2. The van der Waals surface area contributed by atoms with Gasteiger partial charge in [0.15, 0.2) is 5.52 Å². The predicted octanol–water partition coefficient (Wildman–Crippen LogP) is 1.72. The Morgan fingerprint density at radius 1 is 1.00 bits per heavy atom. The quantitative estimate of drug-likeness (QED) is 0.492. The Kier molecular flexibility index (Phi) is 2.26. The van der Waals surface area contributed by atoms with Gasteiger partial charge in [-0.2, -0.15) is 0 Å². The van der Waals surface area contributed by atoms with E-state index in [0.29, 0.717) is 16.9 Å². The van der Waals surface area contributed by atoms with E-state index in [1.165, 1.54) is 0 Å². The van der Waals surface area contributed by atoms with E-state index < -0.39 is 0 Å². The molecular formula is C13H11N3O. The zero-order chi connectivity index (χ0) is 11.7. The Bertz CT molecular complexity index is 646. The molecule has 17 heavy (non-hydrogen) atoms. The molecule has 0 aliphatic heterocycles. The molecule has 0 unspecified atom stereocenters. The van der Waals surface area contributed by atoms with Gasteiger partial charge in [-0.1, -0.05) is 42.5 Å². The van der Waals surface area contributed by atoms with Crippen LogP contribution in [0, 0.1) is 5.21 Å². The summed E-state index contributed by atoms with van der Waals surface area (Å²) >= 11 is 0. The number of aromatic nitrogens is 3. The van der Waals surface area contributed by atoms with Gasteiger partial charge in [0.2, 0.25) is 5.52 Å². The van der Waals surface area contributed by atoms with Crippen LogP contribution in [0.5, 0.6) is 0 Å². The van der Waals surface area contributed by atoms with Gasteiger partial charge in [-0.25, -0.2) is 0 Å². The Labute approximate surface area is 98.3 Å². The van der Waals surface area contributed by atoms with Gasteiger partial charge in [-0.3, -0.25) is 0 Å². The number of hydrogen-bond donors (Lipinski definition) is 0. The van der Waals surface area contributed by atoms with E-state index in [2.05, 4.69) is 5.21 Å². The number of para-hydroxylation sites is 2. The van der Waals surface area contributed by atoms with Gasteiger partial charge in [0.1, 0.15) is 6.54 Å².